The second-order valence-electron chi connectivity index (χ2n) is 9.07. The second kappa shape index (κ2) is 12.7. The molecule has 29 heavy (non-hydrogen) atoms. The molecule has 1 N–H and O–H groups in total. The van der Waals surface area contributed by atoms with Crippen LogP contribution in [0.1, 0.15) is 58.3 Å². The van der Waals surface area contributed by atoms with Crippen LogP contribution in [0.5, 0.6) is 0 Å². The quantitative estimate of drug-likeness (QED) is 0.316. The van der Waals surface area contributed by atoms with Crippen molar-refractivity contribution in [2.45, 2.75) is 69.9 Å². The van der Waals surface area contributed by atoms with Crippen molar-refractivity contribution >= 4 is 29.9 Å². The highest BCUT2D eigenvalue weighted by Gasteiger charge is 2.35. The summed E-state index contributed by atoms with van der Waals surface area (Å²) < 4.78 is 11.9. The van der Waals surface area contributed by atoms with E-state index in [1.807, 2.05) is 0 Å². The number of likely N-dealkylation sites (tertiary alicyclic amines) is 1. The van der Waals surface area contributed by atoms with Crippen LogP contribution in [-0.4, -0.2) is 87.5 Å². The molecule has 0 spiro atoms. The molecule has 1 aliphatic carbocycles. The van der Waals surface area contributed by atoms with Gasteiger partial charge in [0.05, 0.1) is 12.6 Å². The van der Waals surface area contributed by atoms with Gasteiger partial charge in [-0.05, 0) is 65.5 Å². The molecule has 2 saturated heterocycles. The Bertz CT molecular complexity index is 483. The molecule has 0 aromatic rings. The lowest BCUT2D eigenvalue weighted by Gasteiger charge is -2.42. The van der Waals surface area contributed by atoms with Gasteiger partial charge in [0, 0.05) is 45.0 Å². The fourth-order valence-corrected chi connectivity index (χ4v) is 4.83. The molecular weight excluding hydrogens is 479 g/mol. The van der Waals surface area contributed by atoms with E-state index in [1.165, 1.54) is 25.7 Å². The zero-order valence-electron chi connectivity index (χ0n) is 18.8. The van der Waals surface area contributed by atoms with E-state index in [1.54, 1.807) is 0 Å². The number of piperidine rings is 1. The van der Waals surface area contributed by atoms with E-state index in [0.29, 0.717) is 6.10 Å². The van der Waals surface area contributed by atoms with Gasteiger partial charge in [0.25, 0.3) is 0 Å². The maximum atomic E-state index is 6.25. The summed E-state index contributed by atoms with van der Waals surface area (Å²) in [4.78, 5) is 9.87. The summed E-state index contributed by atoms with van der Waals surface area (Å²) >= 11 is 0. The van der Waals surface area contributed by atoms with Crippen molar-refractivity contribution in [2.75, 3.05) is 60.1 Å². The van der Waals surface area contributed by atoms with Crippen molar-refractivity contribution in [1.29, 1.82) is 0 Å². The number of aliphatic imine (C=N–C) groups is 1. The first-order valence-corrected chi connectivity index (χ1v) is 11.5. The van der Waals surface area contributed by atoms with Crippen molar-refractivity contribution in [3.63, 3.8) is 0 Å². The number of hydrogen-bond acceptors (Lipinski definition) is 4. The molecule has 2 heterocycles. The fraction of sp³-hybridized carbons (Fsp3) is 0.955. The van der Waals surface area contributed by atoms with Gasteiger partial charge >= 0.3 is 0 Å². The van der Waals surface area contributed by atoms with Crippen LogP contribution in [0.4, 0.5) is 0 Å². The maximum Gasteiger partial charge on any atom is 0.193 e. The summed E-state index contributed by atoms with van der Waals surface area (Å²) in [6, 6.07) is 0. The molecule has 0 radical (unpaired) electrons. The molecule has 0 amide bonds. The lowest BCUT2D eigenvalue weighted by atomic mass is 9.89. The topological polar surface area (TPSA) is 49.3 Å². The highest BCUT2D eigenvalue weighted by atomic mass is 127. The van der Waals surface area contributed by atoms with Crippen molar-refractivity contribution in [3.8, 4) is 0 Å². The first kappa shape index (κ1) is 25.1. The van der Waals surface area contributed by atoms with Gasteiger partial charge in [-0.3, -0.25) is 4.99 Å². The number of ether oxygens (including phenoxy) is 2. The molecule has 170 valence electrons. The summed E-state index contributed by atoms with van der Waals surface area (Å²) in [5.41, 5.74) is 0.127. The third kappa shape index (κ3) is 7.21. The van der Waals surface area contributed by atoms with Crippen molar-refractivity contribution < 1.29 is 9.47 Å². The van der Waals surface area contributed by atoms with E-state index < -0.39 is 0 Å². The second-order valence-corrected chi connectivity index (χ2v) is 9.07. The molecule has 0 aromatic heterocycles. The van der Waals surface area contributed by atoms with Gasteiger partial charge in [-0.25, -0.2) is 0 Å². The number of likely N-dealkylation sites (N-methyl/N-ethyl adjacent to an activating group) is 1. The van der Waals surface area contributed by atoms with Gasteiger partial charge in [-0.1, -0.05) is 12.8 Å². The Hall–Kier alpha value is -0.120. The minimum atomic E-state index is 0. The first-order chi connectivity index (χ1) is 13.6. The molecule has 1 saturated carbocycles. The van der Waals surface area contributed by atoms with Crippen molar-refractivity contribution in [2.24, 2.45) is 10.9 Å². The highest BCUT2D eigenvalue weighted by molar-refractivity contribution is 14.0. The number of nitrogens with zero attached hydrogens (tertiary/aromatic N) is 3. The molecule has 3 aliphatic rings. The van der Waals surface area contributed by atoms with Gasteiger partial charge < -0.3 is 24.6 Å². The molecule has 0 unspecified atom stereocenters. The van der Waals surface area contributed by atoms with Gasteiger partial charge in [0.15, 0.2) is 5.96 Å². The number of guanidine groups is 1. The summed E-state index contributed by atoms with van der Waals surface area (Å²) in [5, 5.41) is 3.52. The SMILES string of the molecule is CCNC(=NCC1(N(C)C)CCOCC1)N1CCC(OCC2CCCC2)CC1.I. The standard InChI is InChI=1S/C22H42N4O2.HI/c1-4-23-21(24-18-22(25(2)3)11-15-27-16-12-22)26-13-9-20(10-14-26)28-17-19-7-5-6-8-19;/h19-20H,4-18H2,1-3H3,(H,23,24);1H. The highest BCUT2D eigenvalue weighted by Crippen LogP contribution is 2.27. The molecule has 0 bridgehead atoms. The summed E-state index contributed by atoms with van der Waals surface area (Å²) in [5.74, 6) is 1.89. The van der Waals surface area contributed by atoms with E-state index in [4.69, 9.17) is 14.5 Å². The van der Waals surface area contributed by atoms with Crippen molar-refractivity contribution in [3.05, 3.63) is 0 Å². The molecule has 0 atom stereocenters. The van der Waals surface area contributed by atoms with Crippen LogP contribution < -0.4 is 5.32 Å². The normalized spacial score (nSPS) is 24.0. The van der Waals surface area contributed by atoms with Crippen molar-refractivity contribution in [1.82, 2.24) is 15.1 Å². The molecule has 7 heteroatoms. The predicted octanol–water partition coefficient (Wildman–Crippen LogP) is 3.35. The average molecular weight is 523 g/mol. The largest absolute Gasteiger partial charge is 0.381 e. The molecule has 0 aromatic carbocycles. The third-order valence-electron chi connectivity index (χ3n) is 7.01. The number of nitrogens with one attached hydrogen (secondary N) is 1. The summed E-state index contributed by atoms with van der Waals surface area (Å²) in [6.07, 6.45) is 10.3. The molecular formula is C22H43IN4O2. The van der Waals surface area contributed by atoms with Crippen LogP contribution in [0, 0.1) is 5.92 Å². The number of hydrogen-bond donors (Lipinski definition) is 1. The van der Waals surface area contributed by atoms with Crippen LogP contribution in [0.2, 0.25) is 0 Å². The van der Waals surface area contributed by atoms with Gasteiger partial charge in [0.2, 0.25) is 0 Å². The lowest BCUT2D eigenvalue weighted by molar-refractivity contribution is -0.00372. The maximum absolute atomic E-state index is 6.25. The summed E-state index contributed by atoms with van der Waals surface area (Å²) in [7, 11) is 4.36. The Kier molecular flexibility index (Phi) is 11.0. The first-order valence-electron chi connectivity index (χ1n) is 11.5. The van der Waals surface area contributed by atoms with Gasteiger partial charge in [0.1, 0.15) is 0 Å². The molecule has 6 nitrogen and oxygen atoms in total. The summed E-state index contributed by atoms with van der Waals surface area (Å²) in [6.45, 7) is 8.65. The predicted molar refractivity (Wildman–Crippen MR) is 130 cm³/mol. The Labute approximate surface area is 195 Å². The van der Waals surface area contributed by atoms with Crippen LogP contribution in [0.3, 0.4) is 0 Å². The molecule has 3 fully saturated rings. The Morgan fingerprint density at radius 3 is 2.38 bits per heavy atom. The van der Waals surface area contributed by atoms with Crippen LogP contribution in [0.25, 0.3) is 0 Å². The number of halogens is 1. The van der Waals surface area contributed by atoms with Crippen LogP contribution in [-0.2, 0) is 9.47 Å². The van der Waals surface area contributed by atoms with E-state index in [2.05, 4.69) is 36.1 Å². The van der Waals surface area contributed by atoms with E-state index in [0.717, 1.165) is 83.6 Å². The Balaban J connectivity index is 0.00000300. The van der Waals surface area contributed by atoms with Gasteiger partial charge in [-0.2, -0.15) is 0 Å². The average Bonchev–Trinajstić information content (AvgIpc) is 3.24. The molecule has 2 aliphatic heterocycles. The monoisotopic (exact) mass is 522 g/mol. The minimum Gasteiger partial charge on any atom is -0.381 e. The van der Waals surface area contributed by atoms with E-state index >= 15 is 0 Å². The number of rotatable bonds is 7. The molecule has 3 rings (SSSR count). The smallest absolute Gasteiger partial charge is 0.193 e. The van der Waals surface area contributed by atoms with E-state index in [9.17, 15) is 0 Å². The van der Waals surface area contributed by atoms with Gasteiger partial charge in [-0.15, -0.1) is 24.0 Å². The minimum absolute atomic E-state index is 0. The van der Waals surface area contributed by atoms with E-state index in [-0.39, 0.29) is 29.5 Å². The third-order valence-corrected chi connectivity index (χ3v) is 7.01. The zero-order valence-corrected chi connectivity index (χ0v) is 21.2. The zero-order chi connectivity index (χ0) is 19.8. The lowest BCUT2D eigenvalue weighted by Crippen LogP contribution is -2.52. The Morgan fingerprint density at radius 1 is 1.14 bits per heavy atom. The fourth-order valence-electron chi connectivity index (χ4n) is 4.83. The Morgan fingerprint density at radius 2 is 1.79 bits per heavy atom. The van der Waals surface area contributed by atoms with Crippen LogP contribution in [0.15, 0.2) is 4.99 Å². The van der Waals surface area contributed by atoms with Crippen LogP contribution >= 0.6 is 24.0 Å².